The standard InChI is InChI=1S/C10H16N4/c1-12-10-13-6-7-8(11)4-2-3-5-9(7)14-10/h6,8H,2-5,11H2,1H3,(H,12,13,14). The summed E-state index contributed by atoms with van der Waals surface area (Å²) in [6.45, 7) is 0. The molecule has 0 saturated heterocycles. The number of nitrogens with two attached hydrogens (primary N) is 1. The summed E-state index contributed by atoms with van der Waals surface area (Å²) in [4.78, 5) is 8.64. The zero-order valence-corrected chi connectivity index (χ0v) is 8.45. The van der Waals surface area contributed by atoms with Crippen LogP contribution in [0.4, 0.5) is 5.95 Å². The second-order valence-corrected chi connectivity index (χ2v) is 3.70. The third-order valence-electron chi connectivity index (χ3n) is 2.70. The molecule has 0 saturated carbocycles. The number of aromatic nitrogens is 2. The summed E-state index contributed by atoms with van der Waals surface area (Å²) in [7, 11) is 1.83. The highest BCUT2D eigenvalue weighted by Crippen LogP contribution is 2.25. The minimum atomic E-state index is 0.124. The first-order valence-electron chi connectivity index (χ1n) is 5.10. The molecule has 0 fully saturated rings. The highest BCUT2D eigenvalue weighted by Gasteiger charge is 2.16. The Labute approximate surface area is 83.9 Å². The van der Waals surface area contributed by atoms with Crippen LogP contribution in [0.25, 0.3) is 0 Å². The minimum Gasteiger partial charge on any atom is -0.357 e. The van der Waals surface area contributed by atoms with Crippen LogP contribution in [0, 0.1) is 0 Å². The summed E-state index contributed by atoms with van der Waals surface area (Å²) in [6.07, 6.45) is 6.31. The average Bonchev–Trinajstić information content (AvgIpc) is 2.40. The molecule has 1 heterocycles. The van der Waals surface area contributed by atoms with E-state index in [1.54, 1.807) is 0 Å². The number of nitrogens with one attached hydrogen (secondary N) is 1. The molecule has 1 atom stereocenters. The van der Waals surface area contributed by atoms with E-state index in [0.29, 0.717) is 5.95 Å². The van der Waals surface area contributed by atoms with Crippen LogP contribution in [0.1, 0.15) is 36.6 Å². The van der Waals surface area contributed by atoms with Crippen LogP contribution >= 0.6 is 0 Å². The van der Waals surface area contributed by atoms with Gasteiger partial charge in [-0.1, -0.05) is 6.42 Å². The van der Waals surface area contributed by atoms with Crippen molar-refractivity contribution >= 4 is 5.95 Å². The Morgan fingerprint density at radius 3 is 3.14 bits per heavy atom. The van der Waals surface area contributed by atoms with Gasteiger partial charge in [0, 0.05) is 24.8 Å². The Morgan fingerprint density at radius 2 is 2.36 bits per heavy atom. The lowest BCUT2D eigenvalue weighted by Gasteiger charge is -2.11. The molecule has 4 heteroatoms. The quantitative estimate of drug-likeness (QED) is 0.657. The Morgan fingerprint density at radius 1 is 1.50 bits per heavy atom. The molecule has 0 spiro atoms. The van der Waals surface area contributed by atoms with Gasteiger partial charge >= 0.3 is 0 Å². The van der Waals surface area contributed by atoms with Gasteiger partial charge in [0.05, 0.1) is 5.69 Å². The Bertz CT molecular complexity index is 324. The molecule has 2 rings (SSSR count). The van der Waals surface area contributed by atoms with Crippen molar-refractivity contribution in [3.63, 3.8) is 0 Å². The van der Waals surface area contributed by atoms with Crippen LogP contribution in [0.2, 0.25) is 0 Å². The molecule has 0 aromatic carbocycles. The molecule has 0 radical (unpaired) electrons. The summed E-state index contributed by atoms with van der Waals surface area (Å²) < 4.78 is 0. The lowest BCUT2D eigenvalue weighted by atomic mass is 10.1. The monoisotopic (exact) mass is 192 g/mol. The van der Waals surface area contributed by atoms with Gasteiger partial charge in [-0.15, -0.1) is 0 Å². The molecular weight excluding hydrogens is 176 g/mol. The van der Waals surface area contributed by atoms with Crippen LogP contribution in [0.3, 0.4) is 0 Å². The summed E-state index contributed by atoms with van der Waals surface area (Å²) in [5, 5.41) is 2.95. The first kappa shape index (κ1) is 9.40. The second-order valence-electron chi connectivity index (χ2n) is 3.70. The zero-order chi connectivity index (χ0) is 9.97. The van der Waals surface area contributed by atoms with Crippen molar-refractivity contribution < 1.29 is 0 Å². The highest BCUT2D eigenvalue weighted by atomic mass is 15.1. The van der Waals surface area contributed by atoms with Gasteiger partial charge in [0.15, 0.2) is 0 Å². The normalized spacial score (nSPS) is 21.1. The third-order valence-corrected chi connectivity index (χ3v) is 2.70. The largest absolute Gasteiger partial charge is 0.357 e. The number of rotatable bonds is 1. The third kappa shape index (κ3) is 1.70. The Balaban J connectivity index is 2.38. The van der Waals surface area contributed by atoms with Gasteiger partial charge in [-0.3, -0.25) is 0 Å². The lowest BCUT2D eigenvalue weighted by Crippen LogP contribution is -2.12. The van der Waals surface area contributed by atoms with E-state index in [1.807, 2.05) is 13.2 Å². The maximum atomic E-state index is 6.04. The van der Waals surface area contributed by atoms with Gasteiger partial charge in [-0.25, -0.2) is 9.97 Å². The van der Waals surface area contributed by atoms with Crippen LogP contribution < -0.4 is 11.1 Å². The fourth-order valence-corrected chi connectivity index (χ4v) is 1.87. The molecule has 0 amide bonds. The van der Waals surface area contributed by atoms with Crippen molar-refractivity contribution in [3.8, 4) is 0 Å². The molecule has 0 aliphatic heterocycles. The molecular formula is C10H16N4. The van der Waals surface area contributed by atoms with Gasteiger partial charge in [0.1, 0.15) is 0 Å². The van der Waals surface area contributed by atoms with E-state index in [0.717, 1.165) is 24.1 Å². The molecule has 0 bridgehead atoms. The SMILES string of the molecule is CNc1ncc2c(n1)CCCCC2N. The van der Waals surface area contributed by atoms with E-state index < -0.39 is 0 Å². The molecule has 1 aliphatic carbocycles. The molecule has 1 aliphatic rings. The van der Waals surface area contributed by atoms with Gasteiger partial charge in [-0.05, 0) is 19.3 Å². The number of hydrogen-bond donors (Lipinski definition) is 2. The highest BCUT2D eigenvalue weighted by molar-refractivity contribution is 5.31. The van der Waals surface area contributed by atoms with Crippen molar-refractivity contribution in [2.75, 3.05) is 12.4 Å². The van der Waals surface area contributed by atoms with E-state index in [9.17, 15) is 0 Å². The molecule has 4 nitrogen and oxygen atoms in total. The van der Waals surface area contributed by atoms with Gasteiger partial charge in [0.25, 0.3) is 0 Å². The summed E-state index contributed by atoms with van der Waals surface area (Å²) in [5.74, 6) is 0.692. The van der Waals surface area contributed by atoms with Crippen molar-refractivity contribution in [3.05, 3.63) is 17.5 Å². The molecule has 1 aromatic rings. The van der Waals surface area contributed by atoms with Gasteiger partial charge in [0.2, 0.25) is 5.95 Å². The molecule has 76 valence electrons. The number of fused-ring (bicyclic) bond motifs is 1. The van der Waals surface area contributed by atoms with E-state index in [2.05, 4.69) is 15.3 Å². The predicted molar refractivity (Wildman–Crippen MR) is 56.1 cm³/mol. The fraction of sp³-hybridized carbons (Fsp3) is 0.600. The maximum Gasteiger partial charge on any atom is 0.222 e. The van der Waals surface area contributed by atoms with Gasteiger partial charge in [-0.2, -0.15) is 0 Å². The molecule has 14 heavy (non-hydrogen) atoms. The van der Waals surface area contributed by atoms with Crippen LogP contribution in [0.15, 0.2) is 6.20 Å². The molecule has 1 unspecified atom stereocenters. The average molecular weight is 192 g/mol. The smallest absolute Gasteiger partial charge is 0.222 e. The predicted octanol–water partition coefficient (Wildman–Crippen LogP) is 1.24. The van der Waals surface area contributed by atoms with Gasteiger partial charge < -0.3 is 11.1 Å². The first-order chi connectivity index (χ1) is 6.81. The number of aryl methyl sites for hydroxylation is 1. The zero-order valence-electron chi connectivity index (χ0n) is 8.45. The summed E-state index contributed by atoms with van der Waals surface area (Å²) >= 11 is 0. The fourth-order valence-electron chi connectivity index (χ4n) is 1.87. The van der Waals surface area contributed by atoms with Crippen molar-refractivity contribution in [1.29, 1.82) is 0 Å². The van der Waals surface area contributed by atoms with E-state index >= 15 is 0 Å². The lowest BCUT2D eigenvalue weighted by molar-refractivity contribution is 0.614. The minimum absolute atomic E-state index is 0.124. The number of nitrogens with zero attached hydrogens (tertiary/aromatic N) is 2. The Hall–Kier alpha value is -1.16. The summed E-state index contributed by atoms with van der Waals surface area (Å²) in [5.41, 5.74) is 8.28. The number of hydrogen-bond acceptors (Lipinski definition) is 4. The second kappa shape index (κ2) is 3.92. The summed E-state index contributed by atoms with van der Waals surface area (Å²) in [6, 6.07) is 0.124. The van der Waals surface area contributed by atoms with Crippen LogP contribution in [-0.2, 0) is 6.42 Å². The topological polar surface area (TPSA) is 63.8 Å². The Kier molecular flexibility index (Phi) is 2.63. The van der Waals surface area contributed by atoms with Crippen molar-refractivity contribution in [1.82, 2.24) is 9.97 Å². The van der Waals surface area contributed by atoms with E-state index in [-0.39, 0.29) is 6.04 Å². The first-order valence-corrected chi connectivity index (χ1v) is 5.10. The van der Waals surface area contributed by atoms with Crippen molar-refractivity contribution in [2.24, 2.45) is 5.73 Å². The molecule has 1 aromatic heterocycles. The van der Waals surface area contributed by atoms with Crippen LogP contribution in [0.5, 0.6) is 0 Å². The maximum absolute atomic E-state index is 6.04. The molecule has 3 N–H and O–H groups in total. The van der Waals surface area contributed by atoms with Crippen molar-refractivity contribution in [2.45, 2.75) is 31.7 Å². The van der Waals surface area contributed by atoms with E-state index in [4.69, 9.17) is 5.73 Å². The number of anilines is 1. The van der Waals surface area contributed by atoms with E-state index in [1.165, 1.54) is 12.8 Å². The van der Waals surface area contributed by atoms with Crippen LogP contribution in [-0.4, -0.2) is 17.0 Å².